The van der Waals surface area contributed by atoms with E-state index in [4.69, 9.17) is 16.9 Å². The first-order valence-corrected chi connectivity index (χ1v) is 3.79. The number of hydrogen-bond acceptors (Lipinski definition) is 4. The number of aromatic nitrogens is 1. The molecule has 0 unspecified atom stereocenters. The Bertz CT molecular complexity index is 275. The summed E-state index contributed by atoms with van der Waals surface area (Å²) in [5.74, 6) is -0.0308. The summed E-state index contributed by atoms with van der Waals surface area (Å²) >= 11 is 1.40. The third kappa shape index (κ3) is 1.56. The molecule has 0 aliphatic carbocycles. The van der Waals surface area contributed by atoms with Crippen LogP contribution in [-0.4, -0.2) is 10.8 Å². The average Bonchev–Trinajstić information content (AvgIpc) is 2.40. The molecule has 5 heteroatoms. The van der Waals surface area contributed by atoms with E-state index in [-0.39, 0.29) is 5.84 Å². The molecule has 58 valence electrons. The topological polar surface area (TPSA) is 88.8 Å². The standard InChI is InChI=1S/C6H8N4S/c7-1-4(6(8)9)5-2-10-3-11-5/h1-3H,7H2,(H3,8,9)/b4-1-. The molecule has 0 fully saturated rings. The minimum Gasteiger partial charge on any atom is -0.404 e. The highest BCUT2D eigenvalue weighted by molar-refractivity contribution is 7.11. The van der Waals surface area contributed by atoms with E-state index >= 15 is 0 Å². The van der Waals surface area contributed by atoms with Crippen LogP contribution in [0.5, 0.6) is 0 Å². The molecule has 0 amide bonds. The predicted molar refractivity (Wildman–Crippen MR) is 46.2 cm³/mol. The summed E-state index contributed by atoms with van der Waals surface area (Å²) in [5, 5.41) is 7.14. The van der Waals surface area contributed by atoms with Crippen molar-refractivity contribution in [3.63, 3.8) is 0 Å². The van der Waals surface area contributed by atoms with Gasteiger partial charge in [0.2, 0.25) is 0 Å². The lowest BCUT2D eigenvalue weighted by Crippen LogP contribution is -2.12. The summed E-state index contributed by atoms with van der Waals surface area (Å²) in [6.07, 6.45) is 2.95. The summed E-state index contributed by atoms with van der Waals surface area (Å²) in [7, 11) is 0. The second-order valence-electron chi connectivity index (χ2n) is 1.86. The minimum atomic E-state index is -0.0308. The monoisotopic (exact) mass is 168 g/mol. The van der Waals surface area contributed by atoms with Crippen molar-refractivity contribution < 1.29 is 0 Å². The van der Waals surface area contributed by atoms with Gasteiger partial charge in [-0.2, -0.15) is 0 Å². The first kappa shape index (κ1) is 7.74. The van der Waals surface area contributed by atoms with Gasteiger partial charge in [0.15, 0.2) is 0 Å². The molecule has 11 heavy (non-hydrogen) atoms. The molecule has 0 saturated heterocycles. The zero-order chi connectivity index (χ0) is 8.27. The van der Waals surface area contributed by atoms with Crippen LogP contribution in [0.3, 0.4) is 0 Å². The van der Waals surface area contributed by atoms with E-state index in [1.165, 1.54) is 17.5 Å². The Balaban J connectivity index is 2.99. The van der Waals surface area contributed by atoms with Crippen LogP contribution in [-0.2, 0) is 0 Å². The highest BCUT2D eigenvalue weighted by Crippen LogP contribution is 2.16. The van der Waals surface area contributed by atoms with Crippen LogP contribution in [0.25, 0.3) is 5.57 Å². The van der Waals surface area contributed by atoms with E-state index in [2.05, 4.69) is 4.98 Å². The maximum atomic E-state index is 7.14. The minimum absolute atomic E-state index is 0.0308. The smallest absolute Gasteiger partial charge is 0.125 e. The van der Waals surface area contributed by atoms with Crippen LogP contribution in [0, 0.1) is 5.41 Å². The van der Waals surface area contributed by atoms with E-state index < -0.39 is 0 Å². The lowest BCUT2D eigenvalue weighted by molar-refractivity contribution is 1.40. The molecule has 0 bridgehead atoms. The van der Waals surface area contributed by atoms with Gasteiger partial charge in [0.05, 0.1) is 16.0 Å². The third-order valence-electron chi connectivity index (χ3n) is 1.15. The maximum Gasteiger partial charge on any atom is 0.125 e. The molecule has 0 aliphatic rings. The highest BCUT2D eigenvalue weighted by atomic mass is 32.1. The molecular formula is C6H8N4S. The number of nitrogens with one attached hydrogen (secondary N) is 1. The van der Waals surface area contributed by atoms with Crippen molar-refractivity contribution in [2.75, 3.05) is 0 Å². The SMILES string of the molecule is N=C(N)/C(=C\N)c1cncs1. The zero-order valence-electron chi connectivity index (χ0n) is 5.74. The Kier molecular flexibility index (Phi) is 2.22. The van der Waals surface area contributed by atoms with E-state index in [9.17, 15) is 0 Å². The quantitative estimate of drug-likeness (QED) is 0.440. The molecule has 1 heterocycles. The molecule has 0 aromatic carbocycles. The summed E-state index contributed by atoms with van der Waals surface area (Å²) in [6.45, 7) is 0. The van der Waals surface area contributed by atoms with Crippen LogP contribution in [0.4, 0.5) is 0 Å². The molecule has 0 radical (unpaired) electrons. The molecular weight excluding hydrogens is 160 g/mol. The summed E-state index contributed by atoms with van der Waals surface area (Å²) in [6, 6.07) is 0. The summed E-state index contributed by atoms with van der Waals surface area (Å²) < 4.78 is 0. The fourth-order valence-electron chi connectivity index (χ4n) is 0.653. The van der Waals surface area contributed by atoms with E-state index in [0.29, 0.717) is 5.57 Å². The fourth-order valence-corrected chi connectivity index (χ4v) is 1.32. The van der Waals surface area contributed by atoms with E-state index in [0.717, 1.165) is 4.88 Å². The van der Waals surface area contributed by atoms with Gasteiger partial charge in [0.1, 0.15) is 5.84 Å². The van der Waals surface area contributed by atoms with Gasteiger partial charge in [-0.05, 0) is 0 Å². The van der Waals surface area contributed by atoms with Crippen molar-refractivity contribution in [1.29, 1.82) is 5.41 Å². The van der Waals surface area contributed by atoms with Gasteiger partial charge in [-0.3, -0.25) is 10.4 Å². The third-order valence-corrected chi connectivity index (χ3v) is 1.96. The molecule has 0 atom stereocenters. The Morgan fingerprint density at radius 3 is 2.82 bits per heavy atom. The number of nitrogens with two attached hydrogens (primary N) is 2. The Morgan fingerprint density at radius 1 is 1.73 bits per heavy atom. The van der Waals surface area contributed by atoms with Gasteiger partial charge in [-0.25, -0.2) is 0 Å². The van der Waals surface area contributed by atoms with Crippen LogP contribution in [0.15, 0.2) is 17.9 Å². The molecule has 1 aromatic heterocycles. The predicted octanol–water partition coefficient (Wildman–Crippen LogP) is 0.379. The second-order valence-corrected chi connectivity index (χ2v) is 2.75. The highest BCUT2D eigenvalue weighted by Gasteiger charge is 2.04. The van der Waals surface area contributed by atoms with Crippen LogP contribution < -0.4 is 11.5 Å². The molecule has 4 nitrogen and oxygen atoms in total. The fraction of sp³-hybridized carbons (Fsp3) is 0. The Labute approximate surface area is 68.1 Å². The zero-order valence-corrected chi connectivity index (χ0v) is 6.56. The summed E-state index contributed by atoms with van der Waals surface area (Å²) in [5.41, 5.74) is 12.7. The number of thiazole rings is 1. The van der Waals surface area contributed by atoms with Gasteiger partial charge in [0.25, 0.3) is 0 Å². The van der Waals surface area contributed by atoms with Crippen LogP contribution in [0.1, 0.15) is 4.88 Å². The Hall–Kier alpha value is -1.36. The van der Waals surface area contributed by atoms with Gasteiger partial charge in [-0.15, -0.1) is 11.3 Å². The van der Waals surface area contributed by atoms with Crippen LogP contribution in [0.2, 0.25) is 0 Å². The van der Waals surface area contributed by atoms with Gasteiger partial charge in [0, 0.05) is 12.4 Å². The number of hydrogen-bond donors (Lipinski definition) is 3. The maximum absolute atomic E-state index is 7.14. The van der Waals surface area contributed by atoms with Gasteiger partial charge < -0.3 is 11.5 Å². The normalized spacial score (nSPS) is 11.5. The molecule has 1 rings (SSSR count). The van der Waals surface area contributed by atoms with Gasteiger partial charge >= 0.3 is 0 Å². The van der Waals surface area contributed by atoms with Gasteiger partial charge in [-0.1, -0.05) is 0 Å². The second kappa shape index (κ2) is 3.16. The molecule has 1 aromatic rings. The van der Waals surface area contributed by atoms with Crippen molar-refractivity contribution in [2.24, 2.45) is 11.5 Å². The Morgan fingerprint density at radius 2 is 2.45 bits per heavy atom. The first-order valence-electron chi connectivity index (χ1n) is 2.91. The first-order chi connectivity index (χ1) is 5.25. The molecule has 0 aliphatic heterocycles. The number of rotatable bonds is 2. The van der Waals surface area contributed by atoms with Crippen LogP contribution >= 0.6 is 11.3 Å². The van der Waals surface area contributed by atoms with Crippen molar-refractivity contribution in [3.8, 4) is 0 Å². The molecule has 5 N–H and O–H groups in total. The lowest BCUT2D eigenvalue weighted by atomic mass is 10.2. The van der Waals surface area contributed by atoms with Crippen molar-refractivity contribution >= 4 is 22.7 Å². The summed E-state index contributed by atoms with van der Waals surface area (Å²) in [4.78, 5) is 4.66. The van der Waals surface area contributed by atoms with E-state index in [1.807, 2.05) is 0 Å². The number of nitrogens with zero attached hydrogens (tertiary/aromatic N) is 1. The largest absolute Gasteiger partial charge is 0.404 e. The molecule has 0 saturated carbocycles. The lowest BCUT2D eigenvalue weighted by Gasteiger charge is -1.97. The van der Waals surface area contributed by atoms with Crippen molar-refractivity contribution in [3.05, 3.63) is 22.8 Å². The number of amidine groups is 1. The van der Waals surface area contributed by atoms with Crippen molar-refractivity contribution in [1.82, 2.24) is 4.98 Å². The average molecular weight is 168 g/mol. The van der Waals surface area contributed by atoms with E-state index in [1.54, 1.807) is 11.7 Å². The van der Waals surface area contributed by atoms with Crippen molar-refractivity contribution in [2.45, 2.75) is 0 Å². The molecule has 0 spiro atoms.